The fourth-order valence-electron chi connectivity index (χ4n) is 0.754. The average Bonchev–Trinajstić information content (AvgIpc) is 2.08. The lowest BCUT2D eigenvalue weighted by atomic mass is 10.2. The molecule has 0 bridgehead atoms. The zero-order chi connectivity index (χ0) is 9.23. The summed E-state index contributed by atoms with van der Waals surface area (Å²) in [5.74, 6) is 0. The molecule has 0 atom stereocenters. The Balaban J connectivity index is 0. The van der Waals surface area contributed by atoms with Crippen LogP contribution in [0.25, 0.3) is 0 Å². The normalized spacial score (nSPS) is 7.92. The van der Waals surface area contributed by atoms with E-state index >= 15 is 0 Å². The van der Waals surface area contributed by atoms with Crippen LogP contribution in [0.3, 0.4) is 0 Å². The molecule has 3 heteroatoms. The summed E-state index contributed by atoms with van der Waals surface area (Å²) in [5.41, 5.74) is 1.40. The Kier molecular flexibility index (Phi) is 14.5. The SMILES string of the molecule is B.BrCCc1ccccc1.CSC. The highest BCUT2D eigenvalue weighted by Crippen LogP contribution is 2.00. The van der Waals surface area contributed by atoms with E-state index < -0.39 is 0 Å². The van der Waals surface area contributed by atoms with Crippen molar-refractivity contribution in [2.24, 2.45) is 0 Å². The van der Waals surface area contributed by atoms with E-state index in [2.05, 4.69) is 40.2 Å². The molecule has 1 aromatic carbocycles. The van der Waals surface area contributed by atoms with Gasteiger partial charge in [0, 0.05) is 5.33 Å². The van der Waals surface area contributed by atoms with Crippen molar-refractivity contribution in [1.29, 1.82) is 0 Å². The predicted octanol–water partition coefficient (Wildman–Crippen LogP) is 2.42. The van der Waals surface area contributed by atoms with E-state index in [4.69, 9.17) is 0 Å². The third-order valence-corrected chi connectivity index (χ3v) is 1.62. The maximum Gasteiger partial charge on any atom is 0.0814 e. The van der Waals surface area contributed by atoms with Gasteiger partial charge in [-0.2, -0.15) is 11.8 Å². The van der Waals surface area contributed by atoms with Gasteiger partial charge in [0.05, 0.1) is 8.41 Å². The van der Waals surface area contributed by atoms with Crippen LogP contribution in [-0.2, 0) is 6.42 Å². The van der Waals surface area contributed by atoms with Gasteiger partial charge in [-0.3, -0.25) is 0 Å². The second-order valence-electron chi connectivity index (χ2n) is 2.33. The summed E-state index contributed by atoms with van der Waals surface area (Å²) >= 11 is 5.14. The van der Waals surface area contributed by atoms with Crippen LogP contribution in [0.15, 0.2) is 30.3 Å². The topological polar surface area (TPSA) is 0 Å². The Hall–Kier alpha value is 0.115. The zero-order valence-electron chi connectivity index (χ0n) is 7.59. The lowest BCUT2D eigenvalue weighted by Gasteiger charge is -1.92. The number of halogens is 1. The first kappa shape index (κ1) is 15.6. The highest BCUT2D eigenvalue weighted by atomic mass is 79.9. The van der Waals surface area contributed by atoms with Gasteiger partial charge in [-0.15, -0.1) is 0 Å². The van der Waals surface area contributed by atoms with Crippen molar-refractivity contribution in [1.82, 2.24) is 0 Å². The van der Waals surface area contributed by atoms with Gasteiger partial charge in [-0.1, -0.05) is 46.3 Å². The largest absolute Gasteiger partial charge is 0.169 e. The first-order chi connectivity index (χ1) is 5.85. The molecule has 13 heavy (non-hydrogen) atoms. The van der Waals surface area contributed by atoms with Crippen molar-refractivity contribution in [3.8, 4) is 0 Å². The summed E-state index contributed by atoms with van der Waals surface area (Å²) in [6.45, 7) is 0. The van der Waals surface area contributed by atoms with E-state index in [0.29, 0.717) is 0 Å². The van der Waals surface area contributed by atoms with Crippen LogP contribution in [0, 0.1) is 0 Å². The summed E-state index contributed by atoms with van der Waals surface area (Å²) in [5, 5.41) is 1.05. The van der Waals surface area contributed by atoms with Crippen molar-refractivity contribution >= 4 is 36.1 Å². The van der Waals surface area contributed by atoms with Crippen molar-refractivity contribution in [2.45, 2.75) is 6.42 Å². The van der Waals surface area contributed by atoms with Gasteiger partial charge in [0.1, 0.15) is 0 Å². The summed E-state index contributed by atoms with van der Waals surface area (Å²) in [4.78, 5) is 0. The van der Waals surface area contributed by atoms with Gasteiger partial charge in [0.25, 0.3) is 0 Å². The number of alkyl halides is 1. The van der Waals surface area contributed by atoms with Gasteiger partial charge in [-0.25, -0.2) is 0 Å². The van der Waals surface area contributed by atoms with E-state index in [-0.39, 0.29) is 8.41 Å². The molecule has 74 valence electrons. The minimum Gasteiger partial charge on any atom is -0.169 e. The molecular weight excluding hydrogens is 243 g/mol. The first-order valence-electron chi connectivity index (χ1n) is 3.85. The van der Waals surface area contributed by atoms with Crippen molar-refractivity contribution in [2.75, 3.05) is 17.8 Å². The molecule has 0 aliphatic carbocycles. The minimum atomic E-state index is 0. The Morgan fingerprint density at radius 1 is 1.15 bits per heavy atom. The predicted molar refractivity (Wildman–Crippen MR) is 73.3 cm³/mol. The van der Waals surface area contributed by atoms with Gasteiger partial charge in [0.15, 0.2) is 0 Å². The Labute approximate surface area is 96.2 Å². The quantitative estimate of drug-likeness (QED) is 0.582. The van der Waals surface area contributed by atoms with Gasteiger partial charge < -0.3 is 0 Å². The number of benzene rings is 1. The molecular formula is C10H18BBrS. The number of rotatable bonds is 2. The lowest BCUT2D eigenvalue weighted by molar-refractivity contribution is 1.17. The van der Waals surface area contributed by atoms with Crippen molar-refractivity contribution in [3.05, 3.63) is 35.9 Å². The molecule has 0 amide bonds. The number of thioether (sulfide) groups is 1. The van der Waals surface area contributed by atoms with Crippen LogP contribution in [0.1, 0.15) is 5.56 Å². The monoisotopic (exact) mass is 260 g/mol. The molecule has 0 heterocycles. The number of aryl methyl sites for hydroxylation is 1. The molecule has 0 radical (unpaired) electrons. The van der Waals surface area contributed by atoms with E-state index in [0.717, 1.165) is 11.8 Å². The van der Waals surface area contributed by atoms with Crippen LogP contribution in [0.2, 0.25) is 0 Å². The Bertz CT molecular complexity index is 180. The van der Waals surface area contributed by atoms with Crippen LogP contribution >= 0.6 is 27.7 Å². The van der Waals surface area contributed by atoms with Crippen LogP contribution < -0.4 is 0 Å². The molecule has 0 aliphatic rings. The standard InChI is InChI=1S/C8H9Br.C2H6S.BH3/c9-7-6-8-4-2-1-3-5-8;1-3-2;/h1-5H,6-7H2;1-2H3;1H3. The van der Waals surface area contributed by atoms with Crippen molar-refractivity contribution < 1.29 is 0 Å². The van der Waals surface area contributed by atoms with Gasteiger partial charge >= 0.3 is 0 Å². The molecule has 0 fully saturated rings. The highest BCUT2D eigenvalue weighted by Gasteiger charge is 1.85. The van der Waals surface area contributed by atoms with Crippen LogP contribution in [0.4, 0.5) is 0 Å². The molecule has 0 saturated heterocycles. The van der Waals surface area contributed by atoms with Gasteiger partial charge in [0.2, 0.25) is 0 Å². The maximum atomic E-state index is 3.39. The molecule has 0 nitrogen and oxygen atoms in total. The summed E-state index contributed by atoms with van der Waals surface area (Å²) in [7, 11) is 0. The van der Waals surface area contributed by atoms with E-state index in [9.17, 15) is 0 Å². The third-order valence-electron chi connectivity index (χ3n) is 1.23. The summed E-state index contributed by atoms with van der Waals surface area (Å²) < 4.78 is 0. The molecule has 1 rings (SSSR count). The summed E-state index contributed by atoms with van der Waals surface area (Å²) in [6, 6.07) is 10.5. The highest BCUT2D eigenvalue weighted by molar-refractivity contribution is 9.09. The van der Waals surface area contributed by atoms with E-state index in [1.54, 1.807) is 11.8 Å². The molecule has 1 aromatic rings. The third kappa shape index (κ3) is 10.0. The lowest BCUT2D eigenvalue weighted by Crippen LogP contribution is -1.82. The number of hydrogen-bond donors (Lipinski definition) is 0. The molecule has 0 unspecified atom stereocenters. The molecule has 0 saturated carbocycles. The fraction of sp³-hybridized carbons (Fsp3) is 0.400. The van der Waals surface area contributed by atoms with Gasteiger partial charge in [-0.05, 0) is 24.5 Å². The van der Waals surface area contributed by atoms with Crippen LogP contribution in [-0.4, -0.2) is 26.3 Å². The molecule has 0 spiro atoms. The van der Waals surface area contributed by atoms with Crippen molar-refractivity contribution in [3.63, 3.8) is 0 Å². The minimum absolute atomic E-state index is 0. The smallest absolute Gasteiger partial charge is 0.0814 e. The Morgan fingerprint density at radius 2 is 1.62 bits per heavy atom. The number of hydrogen-bond acceptors (Lipinski definition) is 1. The van der Waals surface area contributed by atoms with E-state index in [1.807, 2.05) is 18.6 Å². The Morgan fingerprint density at radius 3 is 2.00 bits per heavy atom. The molecule has 0 N–H and O–H groups in total. The maximum absolute atomic E-state index is 3.39. The van der Waals surface area contributed by atoms with Crippen LogP contribution in [0.5, 0.6) is 0 Å². The molecule has 0 aliphatic heterocycles. The second-order valence-corrected chi connectivity index (χ2v) is 3.94. The zero-order valence-corrected chi connectivity index (χ0v) is 9.99. The summed E-state index contributed by atoms with van der Waals surface area (Å²) in [6.07, 6.45) is 5.21. The van der Waals surface area contributed by atoms with E-state index in [1.165, 1.54) is 5.56 Å². The second kappa shape index (κ2) is 12.1. The first-order valence-corrected chi connectivity index (χ1v) is 6.60. The average molecular weight is 261 g/mol. The molecule has 0 aromatic heterocycles. The fourth-order valence-corrected chi connectivity index (χ4v) is 1.21.